The fraction of sp³-hybridized carbons (Fsp3) is 0.500. The van der Waals surface area contributed by atoms with Gasteiger partial charge in [-0.3, -0.25) is 0 Å². The predicted molar refractivity (Wildman–Crippen MR) is 60.6 cm³/mol. The van der Waals surface area contributed by atoms with Gasteiger partial charge in [0.2, 0.25) is 10.5 Å². The van der Waals surface area contributed by atoms with Crippen LogP contribution in [0, 0.1) is 0 Å². The zero-order valence-electron chi connectivity index (χ0n) is 9.13. The van der Waals surface area contributed by atoms with Crippen LogP contribution < -0.4 is 0 Å². The van der Waals surface area contributed by atoms with E-state index in [0.29, 0.717) is 6.61 Å². The van der Waals surface area contributed by atoms with Gasteiger partial charge in [0.1, 0.15) is 0 Å². The van der Waals surface area contributed by atoms with Gasteiger partial charge in [0.25, 0.3) is 0 Å². The summed E-state index contributed by atoms with van der Waals surface area (Å²) in [5.41, 5.74) is 2.99. The summed E-state index contributed by atoms with van der Waals surface area (Å²) < 4.78 is 4.92. The highest BCUT2D eigenvalue weighted by Crippen LogP contribution is 2.25. The lowest BCUT2D eigenvalue weighted by Gasteiger charge is -2.22. The van der Waals surface area contributed by atoms with Gasteiger partial charge in [-0.1, -0.05) is 45.0 Å². The maximum atomic E-state index is 4.92. The maximum Gasteiger partial charge on any atom is 0.246 e. The highest BCUT2D eigenvalue weighted by atomic mass is 28.2. The van der Waals surface area contributed by atoms with Crippen LogP contribution in [0.15, 0.2) is 24.3 Å². The molecule has 1 rings (SSSR count). The van der Waals surface area contributed by atoms with Gasteiger partial charge in [0.15, 0.2) is 0 Å². The molecule has 1 aromatic carbocycles. The molecule has 14 heavy (non-hydrogen) atoms. The van der Waals surface area contributed by atoms with E-state index in [4.69, 9.17) is 4.43 Å². The molecule has 0 saturated heterocycles. The molecule has 1 aromatic rings. The van der Waals surface area contributed by atoms with Gasteiger partial charge < -0.3 is 4.43 Å². The Morgan fingerprint density at radius 2 is 1.86 bits per heavy atom. The van der Waals surface area contributed by atoms with Crippen molar-refractivity contribution in [3.05, 3.63) is 35.4 Å². The average Bonchev–Trinajstić information content (AvgIpc) is 2.14. The molecule has 0 fully saturated rings. The van der Waals surface area contributed by atoms with Gasteiger partial charge in [-0.25, -0.2) is 0 Å². The van der Waals surface area contributed by atoms with Crippen LogP contribution in [0.25, 0.3) is 0 Å². The van der Waals surface area contributed by atoms with E-state index in [9.17, 15) is 0 Å². The SMILES string of the molecule is CC(C)(C)c1ccccc1CCO[Si]. The Hall–Kier alpha value is -0.603. The smallest absolute Gasteiger partial charge is 0.246 e. The van der Waals surface area contributed by atoms with Crippen LogP contribution in [0.3, 0.4) is 0 Å². The fourth-order valence-electron chi connectivity index (χ4n) is 1.63. The lowest BCUT2D eigenvalue weighted by Crippen LogP contribution is -2.14. The van der Waals surface area contributed by atoms with Gasteiger partial charge >= 0.3 is 0 Å². The Morgan fingerprint density at radius 1 is 1.21 bits per heavy atom. The third-order valence-electron chi connectivity index (χ3n) is 2.30. The van der Waals surface area contributed by atoms with Crippen molar-refractivity contribution in [3.63, 3.8) is 0 Å². The van der Waals surface area contributed by atoms with E-state index >= 15 is 0 Å². The van der Waals surface area contributed by atoms with Crippen molar-refractivity contribution in [1.82, 2.24) is 0 Å². The van der Waals surface area contributed by atoms with Gasteiger partial charge in [0, 0.05) is 6.61 Å². The molecule has 0 atom stereocenters. The molecule has 2 heteroatoms. The Balaban J connectivity index is 2.92. The highest BCUT2D eigenvalue weighted by molar-refractivity contribution is 5.97. The van der Waals surface area contributed by atoms with Crippen molar-refractivity contribution in [2.75, 3.05) is 6.61 Å². The van der Waals surface area contributed by atoms with Crippen molar-refractivity contribution in [1.29, 1.82) is 0 Å². The minimum absolute atomic E-state index is 0.211. The van der Waals surface area contributed by atoms with Crippen LogP contribution in [0.4, 0.5) is 0 Å². The summed E-state index contributed by atoms with van der Waals surface area (Å²) in [5, 5.41) is 0. The molecule has 0 bridgehead atoms. The number of hydrogen-bond acceptors (Lipinski definition) is 1. The van der Waals surface area contributed by atoms with E-state index in [2.05, 4.69) is 55.5 Å². The van der Waals surface area contributed by atoms with E-state index < -0.39 is 0 Å². The van der Waals surface area contributed by atoms with Crippen LogP contribution in [0.5, 0.6) is 0 Å². The number of benzene rings is 1. The van der Waals surface area contributed by atoms with Crippen molar-refractivity contribution in [2.24, 2.45) is 0 Å². The molecule has 0 N–H and O–H groups in total. The first-order chi connectivity index (χ1) is 6.55. The first-order valence-corrected chi connectivity index (χ1v) is 5.33. The fourth-order valence-corrected chi connectivity index (χ4v) is 1.73. The van der Waals surface area contributed by atoms with Crippen LogP contribution in [-0.4, -0.2) is 17.1 Å². The quantitative estimate of drug-likeness (QED) is 0.689. The molecule has 0 heterocycles. The Morgan fingerprint density at radius 3 is 2.43 bits per heavy atom. The maximum absolute atomic E-state index is 4.92. The third kappa shape index (κ3) is 2.96. The summed E-state index contributed by atoms with van der Waals surface area (Å²) in [6.45, 7) is 7.42. The summed E-state index contributed by atoms with van der Waals surface area (Å²) in [7, 11) is 3.03. The summed E-state index contributed by atoms with van der Waals surface area (Å²) in [4.78, 5) is 0. The zero-order chi connectivity index (χ0) is 10.6. The molecule has 0 aliphatic rings. The Bertz CT molecular complexity index is 289. The molecule has 0 aromatic heterocycles. The summed E-state index contributed by atoms with van der Waals surface area (Å²) in [5.74, 6) is 0. The van der Waals surface area contributed by atoms with Gasteiger partial charge in [-0.2, -0.15) is 0 Å². The molecule has 0 spiro atoms. The molecular weight excluding hydrogens is 188 g/mol. The summed E-state index contributed by atoms with van der Waals surface area (Å²) in [6, 6.07) is 8.55. The number of rotatable bonds is 3. The van der Waals surface area contributed by atoms with Crippen molar-refractivity contribution >= 4 is 10.5 Å². The number of hydrogen-bond donors (Lipinski definition) is 0. The molecule has 3 radical (unpaired) electrons. The molecule has 0 saturated carbocycles. The van der Waals surface area contributed by atoms with Crippen LogP contribution >= 0.6 is 0 Å². The second-order valence-electron chi connectivity index (χ2n) is 4.51. The molecule has 0 amide bonds. The van der Waals surface area contributed by atoms with Crippen molar-refractivity contribution in [2.45, 2.75) is 32.6 Å². The van der Waals surface area contributed by atoms with E-state index in [1.54, 1.807) is 0 Å². The minimum Gasteiger partial charge on any atom is -0.418 e. The summed E-state index contributed by atoms with van der Waals surface area (Å²) in [6.07, 6.45) is 0.955. The Kier molecular flexibility index (Phi) is 3.90. The van der Waals surface area contributed by atoms with Gasteiger partial charge in [-0.05, 0) is 23.0 Å². The van der Waals surface area contributed by atoms with Crippen LogP contribution in [0.1, 0.15) is 31.9 Å². The lowest BCUT2D eigenvalue weighted by atomic mass is 9.83. The second kappa shape index (κ2) is 4.76. The third-order valence-corrected chi connectivity index (χ3v) is 2.50. The van der Waals surface area contributed by atoms with Crippen LogP contribution in [0.2, 0.25) is 0 Å². The average molecular weight is 205 g/mol. The molecule has 1 nitrogen and oxygen atoms in total. The zero-order valence-corrected chi connectivity index (χ0v) is 10.1. The molecule has 0 unspecified atom stereocenters. The van der Waals surface area contributed by atoms with Gasteiger partial charge in [-0.15, -0.1) is 0 Å². The lowest BCUT2D eigenvalue weighted by molar-refractivity contribution is 0.353. The molecular formula is C12H17OSi. The normalized spacial score (nSPS) is 11.7. The van der Waals surface area contributed by atoms with Crippen LogP contribution in [-0.2, 0) is 16.3 Å². The van der Waals surface area contributed by atoms with E-state index in [-0.39, 0.29) is 5.41 Å². The highest BCUT2D eigenvalue weighted by Gasteiger charge is 2.16. The largest absolute Gasteiger partial charge is 0.418 e. The van der Waals surface area contributed by atoms with Crippen molar-refractivity contribution in [3.8, 4) is 0 Å². The van der Waals surface area contributed by atoms with E-state index in [1.807, 2.05) is 0 Å². The standard InChI is InChI=1S/C12H17OSi/c1-12(2,3)11-7-5-4-6-10(11)8-9-13-14/h4-7H,8-9H2,1-3H3. The first kappa shape index (κ1) is 11.5. The summed E-state index contributed by atoms with van der Waals surface area (Å²) >= 11 is 0. The Labute approximate surface area is 90.0 Å². The molecule has 0 aliphatic carbocycles. The predicted octanol–water partition coefficient (Wildman–Crippen LogP) is 2.63. The van der Waals surface area contributed by atoms with E-state index in [0.717, 1.165) is 6.42 Å². The van der Waals surface area contributed by atoms with Gasteiger partial charge in [0.05, 0.1) is 0 Å². The van der Waals surface area contributed by atoms with E-state index in [1.165, 1.54) is 11.1 Å². The van der Waals surface area contributed by atoms with Crippen molar-refractivity contribution < 1.29 is 4.43 Å². The first-order valence-electron chi connectivity index (χ1n) is 4.92. The molecule has 0 aliphatic heterocycles. The minimum atomic E-state index is 0.211. The molecule has 75 valence electrons. The second-order valence-corrected chi connectivity index (χ2v) is 4.79. The monoisotopic (exact) mass is 205 g/mol. The topological polar surface area (TPSA) is 9.23 Å².